The molecule has 1 N–H and O–H groups in total. The minimum Gasteiger partial charge on any atom is -0.322 e. The minimum absolute atomic E-state index is 0.122. The lowest BCUT2D eigenvalue weighted by Gasteiger charge is -2.07. The molecule has 0 unspecified atom stereocenters. The molecule has 0 bridgehead atoms. The maximum atomic E-state index is 12.3. The highest BCUT2D eigenvalue weighted by Crippen LogP contribution is 2.26. The van der Waals surface area contributed by atoms with Gasteiger partial charge in [0.1, 0.15) is 0 Å². The number of nitrogens with zero attached hydrogens (tertiary/aromatic N) is 3. The van der Waals surface area contributed by atoms with Gasteiger partial charge in [-0.15, -0.1) is 0 Å². The molecule has 0 radical (unpaired) electrons. The molecule has 1 amide bonds. The first kappa shape index (κ1) is 18.5. The molecule has 0 aliphatic heterocycles. The molecule has 1 aromatic heterocycles. The quantitative estimate of drug-likeness (QED) is 0.400. The van der Waals surface area contributed by atoms with Gasteiger partial charge in [-0.3, -0.25) is 14.9 Å². The standard InChI is InChI=1S/C19H16N4O3S/c1-12-10-13(2)21-19(20-12)27-17-8-6-15(7-9-17)22-18(24)14-4-3-5-16(11-14)23(25)26/h3-11H,1-2H3,(H,22,24). The summed E-state index contributed by atoms with van der Waals surface area (Å²) in [7, 11) is 0. The first-order valence-corrected chi connectivity index (χ1v) is 8.88. The Hall–Kier alpha value is -3.26. The number of hydrogen-bond donors (Lipinski definition) is 1. The minimum atomic E-state index is -0.530. The van der Waals surface area contributed by atoms with Gasteiger partial charge in [0.25, 0.3) is 11.6 Å². The smallest absolute Gasteiger partial charge is 0.270 e. The SMILES string of the molecule is Cc1cc(C)nc(Sc2ccc(NC(=O)c3cccc([N+](=O)[O-])c3)cc2)n1. The Balaban J connectivity index is 1.69. The number of aromatic nitrogens is 2. The van der Waals surface area contributed by atoms with E-state index in [1.807, 2.05) is 32.0 Å². The highest BCUT2D eigenvalue weighted by molar-refractivity contribution is 7.99. The number of carbonyl (C=O) groups is 1. The average Bonchev–Trinajstić information content (AvgIpc) is 2.62. The largest absolute Gasteiger partial charge is 0.322 e. The molecule has 136 valence electrons. The van der Waals surface area contributed by atoms with Gasteiger partial charge in [-0.25, -0.2) is 9.97 Å². The van der Waals surface area contributed by atoms with Crippen LogP contribution in [0.15, 0.2) is 64.6 Å². The molecule has 0 aliphatic rings. The second kappa shape index (κ2) is 7.96. The monoisotopic (exact) mass is 380 g/mol. The molecule has 0 aliphatic carbocycles. The van der Waals surface area contributed by atoms with Gasteiger partial charge >= 0.3 is 0 Å². The van der Waals surface area contributed by atoms with E-state index in [9.17, 15) is 14.9 Å². The Kier molecular flexibility index (Phi) is 5.46. The fourth-order valence-electron chi connectivity index (χ4n) is 2.41. The van der Waals surface area contributed by atoms with Crippen LogP contribution in [0.3, 0.4) is 0 Å². The maximum absolute atomic E-state index is 12.3. The fourth-order valence-corrected chi connectivity index (χ4v) is 3.28. The van der Waals surface area contributed by atoms with Gasteiger partial charge in [-0.05, 0) is 62.0 Å². The number of carbonyl (C=O) groups excluding carboxylic acids is 1. The number of amides is 1. The molecule has 8 heteroatoms. The molecule has 2 aromatic carbocycles. The summed E-state index contributed by atoms with van der Waals surface area (Å²) in [6.07, 6.45) is 0. The second-order valence-corrected chi connectivity index (χ2v) is 6.86. The van der Waals surface area contributed by atoms with Crippen LogP contribution in [0.2, 0.25) is 0 Å². The van der Waals surface area contributed by atoms with Crippen LogP contribution in [-0.4, -0.2) is 20.8 Å². The molecule has 0 saturated heterocycles. The average molecular weight is 380 g/mol. The molecular formula is C19H16N4O3S. The van der Waals surface area contributed by atoms with Crippen molar-refractivity contribution >= 4 is 29.0 Å². The van der Waals surface area contributed by atoms with E-state index < -0.39 is 10.8 Å². The lowest BCUT2D eigenvalue weighted by molar-refractivity contribution is -0.384. The third-order valence-electron chi connectivity index (χ3n) is 3.60. The van der Waals surface area contributed by atoms with E-state index in [-0.39, 0.29) is 11.3 Å². The number of aryl methyl sites for hydroxylation is 2. The van der Waals surface area contributed by atoms with Crippen LogP contribution in [0, 0.1) is 24.0 Å². The highest BCUT2D eigenvalue weighted by Gasteiger charge is 2.12. The van der Waals surface area contributed by atoms with Gasteiger partial charge in [0.2, 0.25) is 0 Å². The predicted molar refractivity (Wildman–Crippen MR) is 103 cm³/mol. The number of non-ortho nitro benzene ring substituents is 1. The van der Waals surface area contributed by atoms with Crippen LogP contribution < -0.4 is 5.32 Å². The molecule has 0 atom stereocenters. The van der Waals surface area contributed by atoms with E-state index in [0.29, 0.717) is 10.8 Å². The summed E-state index contributed by atoms with van der Waals surface area (Å²) in [5.41, 5.74) is 2.52. The lowest BCUT2D eigenvalue weighted by atomic mass is 10.2. The van der Waals surface area contributed by atoms with Crippen LogP contribution in [0.25, 0.3) is 0 Å². The number of benzene rings is 2. The van der Waals surface area contributed by atoms with E-state index in [1.165, 1.54) is 36.0 Å². The Labute approximate surface area is 160 Å². The molecule has 7 nitrogen and oxygen atoms in total. The van der Waals surface area contributed by atoms with Gasteiger partial charge in [-0.2, -0.15) is 0 Å². The molecule has 3 aromatic rings. The summed E-state index contributed by atoms with van der Waals surface area (Å²) in [6.45, 7) is 3.84. The van der Waals surface area contributed by atoms with E-state index in [2.05, 4.69) is 15.3 Å². The number of anilines is 1. The summed E-state index contributed by atoms with van der Waals surface area (Å²) in [4.78, 5) is 32.3. The number of nitro groups is 1. The van der Waals surface area contributed by atoms with Crippen molar-refractivity contribution < 1.29 is 9.72 Å². The summed E-state index contributed by atoms with van der Waals surface area (Å²) >= 11 is 1.44. The van der Waals surface area contributed by atoms with Crippen LogP contribution in [0.5, 0.6) is 0 Å². The van der Waals surface area contributed by atoms with Gasteiger partial charge < -0.3 is 5.32 Å². The zero-order chi connectivity index (χ0) is 19.4. The topological polar surface area (TPSA) is 98.0 Å². The zero-order valence-corrected chi connectivity index (χ0v) is 15.5. The first-order valence-electron chi connectivity index (χ1n) is 8.07. The highest BCUT2D eigenvalue weighted by atomic mass is 32.2. The summed E-state index contributed by atoms with van der Waals surface area (Å²) in [6, 6.07) is 14.8. The number of hydrogen-bond acceptors (Lipinski definition) is 6. The van der Waals surface area contributed by atoms with E-state index in [1.54, 1.807) is 12.1 Å². The molecule has 0 spiro atoms. The Morgan fingerprint density at radius 3 is 2.33 bits per heavy atom. The van der Waals surface area contributed by atoms with Gasteiger partial charge in [0.15, 0.2) is 5.16 Å². The molecule has 27 heavy (non-hydrogen) atoms. The number of rotatable bonds is 5. The predicted octanol–water partition coefficient (Wildman–Crippen LogP) is 4.41. The molecule has 0 saturated carbocycles. The van der Waals surface area contributed by atoms with Crippen LogP contribution in [0.4, 0.5) is 11.4 Å². The molecular weight excluding hydrogens is 364 g/mol. The van der Waals surface area contributed by atoms with E-state index in [4.69, 9.17) is 0 Å². The second-order valence-electron chi connectivity index (χ2n) is 5.82. The Morgan fingerprint density at radius 2 is 1.70 bits per heavy atom. The first-order chi connectivity index (χ1) is 12.9. The molecule has 0 fully saturated rings. The fraction of sp³-hybridized carbons (Fsp3) is 0.105. The number of nitrogens with one attached hydrogen (secondary N) is 1. The lowest BCUT2D eigenvalue weighted by Crippen LogP contribution is -2.11. The normalized spacial score (nSPS) is 10.4. The van der Waals surface area contributed by atoms with Gasteiger partial charge in [0, 0.05) is 39.7 Å². The summed E-state index contributed by atoms with van der Waals surface area (Å²) < 4.78 is 0. The van der Waals surface area contributed by atoms with E-state index in [0.717, 1.165) is 16.3 Å². The Morgan fingerprint density at radius 1 is 1.04 bits per heavy atom. The zero-order valence-electron chi connectivity index (χ0n) is 14.7. The summed E-state index contributed by atoms with van der Waals surface area (Å²) in [5.74, 6) is -0.406. The van der Waals surface area contributed by atoms with Gasteiger partial charge in [-0.1, -0.05) is 6.07 Å². The Bertz CT molecular complexity index is 986. The van der Waals surface area contributed by atoms with Crippen LogP contribution in [0.1, 0.15) is 21.7 Å². The third kappa shape index (κ3) is 4.89. The van der Waals surface area contributed by atoms with Crippen molar-refractivity contribution in [2.45, 2.75) is 23.9 Å². The van der Waals surface area contributed by atoms with Crippen molar-refractivity contribution in [3.8, 4) is 0 Å². The van der Waals surface area contributed by atoms with Crippen LogP contribution >= 0.6 is 11.8 Å². The molecule has 3 rings (SSSR count). The number of nitro benzene ring substituents is 1. The van der Waals surface area contributed by atoms with Crippen molar-refractivity contribution in [1.29, 1.82) is 0 Å². The van der Waals surface area contributed by atoms with Gasteiger partial charge in [0.05, 0.1) is 4.92 Å². The van der Waals surface area contributed by atoms with Crippen molar-refractivity contribution in [2.24, 2.45) is 0 Å². The van der Waals surface area contributed by atoms with E-state index >= 15 is 0 Å². The van der Waals surface area contributed by atoms with Crippen molar-refractivity contribution in [1.82, 2.24) is 9.97 Å². The maximum Gasteiger partial charge on any atom is 0.270 e. The van der Waals surface area contributed by atoms with Crippen LogP contribution in [-0.2, 0) is 0 Å². The van der Waals surface area contributed by atoms with Crippen molar-refractivity contribution in [3.05, 3.63) is 81.7 Å². The molecule has 1 heterocycles. The summed E-state index contributed by atoms with van der Waals surface area (Å²) in [5, 5.41) is 14.2. The van der Waals surface area contributed by atoms with Crippen molar-refractivity contribution in [3.63, 3.8) is 0 Å². The third-order valence-corrected chi connectivity index (χ3v) is 4.48. The van der Waals surface area contributed by atoms with Crippen molar-refractivity contribution in [2.75, 3.05) is 5.32 Å².